The zero-order chi connectivity index (χ0) is 20.0. The SMILES string of the molecule is CC(=O)c1ccc(NC(=S)NC(=O)COc2ccc(C(C)(C)C)cc2)cc1. The number of benzene rings is 2. The molecule has 0 aliphatic carbocycles. The molecule has 0 saturated carbocycles. The topological polar surface area (TPSA) is 67.4 Å². The maximum absolute atomic E-state index is 12.0. The van der Waals surface area contributed by atoms with Gasteiger partial charge in [0.25, 0.3) is 5.91 Å². The van der Waals surface area contributed by atoms with Gasteiger partial charge in [-0.3, -0.25) is 14.9 Å². The van der Waals surface area contributed by atoms with Crippen LogP contribution in [0.4, 0.5) is 5.69 Å². The third-order valence-corrected chi connectivity index (χ3v) is 4.10. The Hall–Kier alpha value is -2.73. The number of Topliss-reactive ketones (excluding diaryl/α,β-unsaturated/α-hetero) is 1. The first-order valence-corrected chi connectivity index (χ1v) is 9.01. The molecule has 2 aromatic carbocycles. The molecule has 0 aliphatic rings. The fourth-order valence-corrected chi connectivity index (χ4v) is 2.55. The highest BCUT2D eigenvalue weighted by atomic mass is 32.1. The lowest BCUT2D eigenvalue weighted by atomic mass is 9.87. The van der Waals surface area contributed by atoms with Gasteiger partial charge in [0.15, 0.2) is 17.5 Å². The van der Waals surface area contributed by atoms with Gasteiger partial charge in [-0.15, -0.1) is 0 Å². The summed E-state index contributed by atoms with van der Waals surface area (Å²) in [5.41, 5.74) is 2.56. The van der Waals surface area contributed by atoms with Gasteiger partial charge in [0.1, 0.15) is 5.75 Å². The number of thiocarbonyl (C=S) groups is 1. The molecule has 0 saturated heterocycles. The first-order chi connectivity index (χ1) is 12.6. The predicted molar refractivity (Wildman–Crippen MR) is 111 cm³/mol. The average Bonchev–Trinajstić information content (AvgIpc) is 2.60. The maximum Gasteiger partial charge on any atom is 0.264 e. The van der Waals surface area contributed by atoms with Gasteiger partial charge in [0.05, 0.1) is 0 Å². The van der Waals surface area contributed by atoms with Crippen LogP contribution >= 0.6 is 12.2 Å². The number of anilines is 1. The van der Waals surface area contributed by atoms with E-state index >= 15 is 0 Å². The molecule has 1 amide bonds. The number of ketones is 1. The standard InChI is InChI=1S/C21H24N2O3S/c1-14(24)15-5-9-17(10-6-15)22-20(27)23-19(25)13-26-18-11-7-16(8-12-18)21(2,3)4/h5-12H,13H2,1-4H3,(H2,22,23,25,27). The highest BCUT2D eigenvalue weighted by molar-refractivity contribution is 7.80. The van der Waals surface area contributed by atoms with E-state index in [1.807, 2.05) is 24.3 Å². The molecule has 6 heteroatoms. The Morgan fingerprint density at radius 3 is 2.11 bits per heavy atom. The molecule has 0 unspecified atom stereocenters. The van der Waals surface area contributed by atoms with Crippen molar-refractivity contribution in [3.05, 3.63) is 59.7 Å². The van der Waals surface area contributed by atoms with E-state index in [1.165, 1.54) is 12.5 Å². The fourth-order valence-electron chi connectivity index (χ4n) is 2.31. The Bertz CT molecular complexity index is 822. The number of carbonyl (C=O) groups is 2. The first kappa shape index (κ1) is 20.6. The summed E-state index contributed by atoms with van der Waals surface area (Å²) in [5.74, 6) is 0.259. The number of carbonyl (C=O) groups excluding carboxylic acids is 2. The number of hydrogen-bond acceptors (Lipinski definition) is 4. The minimum absolute atomic E-state index is 0.00916. The molecule has 0 spiro atoms. The normalized spacial score (nSPS) is 10.8. The summed E-state index contributed by atoms with van der Waals surface area (Å²) in [6.45, 7) is 7.78. The number of ether oxygens (including phenoxy) is 1. The number of hydrogen-bond donors (Lipinski definition) is 2. The number of nitrogens with one attached hydrogen (secondary N) is 2. The zero-order valence-corrected chi connectivity index (χ0v) is 16.8. The monoisotopic (exact) mass is 384 g/mol. The minimum Gasteiger partial charge on any atom is -0.484 e. The van der Waals surface area contributed by atoms with E-state index in [9.17, 15) is 9.59 Å². The zero-order valence-electron chi connectivity index (χ0n) is 16.0. The van der Waals surface area contributed by atoms with Gasteiger partial charge in [-0.2, -0.15) is 0 Å². The predicted octanol–water partition coefficient (Wildman–Crippen LogP) is 4.08. The molecular weight excluding hydrogens is 360 g/mol. The van der Waals surface area contributed by atoms with Crippen LogP contribution in [0.25, 0.3) is 0 Å². The van der Waals surface area contributed by atoms with Crippen LogP contribution in [0.5, 0.6) is 5.75 Å². The summed E-state index contributed by atoms with van der Waals surface area (Å²) in [7, 11) is 0. The Morgan fingerprint density at radius 1 is 1.00 bits per heavy atom. The fraction of sp³-hybridized carbons (Fsp3) is 0.286. The maximum atomic E-state index is 12.0. The first-order valence-electron chi connectivity index (χ1n) is 8.60. The Labute approximate surface area is 165 Å². The van der Waals surface area contributed by atoms with Crippen molar-refractivity contribution < 1.29 is 14.3 Å². The second kappa shape index (κ2) is 8.77. The quantitative estimate of drug-likeness (QED) is 0.601. The van der Waals surface area contributed by atoms with Crippen LogP contribution in [-0.4, -0.2) is 23.4 Å². The third-order valence-electron chi connectivity index (χ3n) is 3.89. The van der Waals surface area contributed by atoms with E-state index in [1.54, 1.807) is 24.3 Å². The second-order valence-electron chi connectivity index (χ2n) is 7.20. The third kappa shape index (κ3) is 6.49. The largest absolute Gasteiger partial charge is 0.484 e. The highest BCUT2D eigenvalue weighted by Crippen LogP contribution is 2.24. The molecule has 0 heterocycles. The van der Waals surface area contributed by atoms with E-state index in [4.69, 9.17) is 17.0 Å². The molecule has 2 aromatic rings. The van der Waals surface area contributed by atoms with Crippen LogP contribution in [0.3, 0.4) is 0 Å². The molecule has 0 bridgehead atoms. The Kier molecular flexibility index (Phi) is 6.69. The van der Waals surface area contributed by atoms with Crippen molar-refractivity contribution in [3.63, 3.8) is 0 Å². The van der Waals surface area contributed by atoms with Crippen molar-refractivity contribution >= 4 is 34.7 Å². The minimum atomic E-state index is -0.354. The molecule has 142 valence electrons. The summed E-state index contributed by atoms with van der Waals surface area (Å²) in [6, 6.07) is 14.5. The highest BCUT2D eigenvalue weighted by Gasteiger charge is 2.13. The van der Waals surface area contributed by atoms with E-state index in [-0.39, 0.29) is 28.8 Å². The number of rotatable bonds is 5. The molecule has 0 aliphatic heterocycles. The molecular formula is C21H24N2O3S. The van der Waals surface area contributed by atoms with E-state index in [2.05, 4.69) is 31.4 Å². The molecule has 0 fully saturated rings. The van der Waals surface area contributed by atoms with Crippen molar-refractivity contribution in [3.8, 4) is 5.75 Å². The van der Waals surface area contributed by atoms with Gasteiger partial charge in [-0.1, -0.05) is 32.9 Å². The summed E-state index contributed by atoms with van der Waals surface area (Å²) in [5, 5.41) is 5.62. The summed E-state index contributed by atoms with van der Waals surface area (Å²) >= 11 is 5.12. The smallest absolute Gasteiger partial charge is 0.264 e. The summed E-state index contributed by atoms with van der Waals surface area (Å²) in [6.07, 6.45) is 0. The molecule has 0 radical (unpaired) electrons. The van der Waals surface area contributed by atoms with Crippen molar-refractivity contribution in [2.24, 2.45) is 0 Å². The molecule has 5 nitrogen and oxygen atoms in total. The van der Waals surface area contributed by atoms with Crippen LogP contribution in [0.15, 0.2) is 48.5 Å². The van der Waals surface area contributed by atoms with Crippen LogP contribution in [-0.2, 0) is 10.2 Å². The van der Waals surface area contributed by atoms with E-state index in [0.717, 1.165) is 0 Å². The molecule has 0 aromatic heterocycles. The summed E-state index contributed by atoms with van der Waals surface area (Å²) < 4.78 is 5.49. The van der Waals surface area contributed by atoms with Gasteiger partial charge in [-0.25, -0.2) is 0 Å². The summed E-state index contributed by atoms with van der Waals surface area (Å²) in [4.78, 5) is 23.2. The van der Waals surface area contributed by atoms with Gasteiger partial charge >= 0.3 is 0 Å². The van der Waals surface area contributed by atoms with Crippen LogP contribution in [0.1, 0.15) is 43.6 Å². The molecule has 27 heavy (non-hydrogen) atoms. The molecule has 0 atom stereocenters. The van der Waals surface area contributed by atoms with Crippen LogP contribution in [0, 0.1) is 0 Å². The van der Waals surface area contributed by atoms with E-state index in [0.29, 0.717) is 17.0 Å². The molecule has 2 rings (SSSR count). The lowest BCUT2D eigenvalue weighted by Crippen LogP contribution is -2.37. The molecule has 2 N–H and O–H groups in total. The van der Waals surface area contributed by atoms with Crippen molar-refractivity contribution in [1.29, 1.82) is 0 Å². The Balaban J connectivity index is 1.81. The van der Waals surface area contributed by atoms with Gasteiger partial charge < -0.3 is 10.1 Å². The second-order valence-corrected chi connectivity index (χ2v) is 7.61. The average molecular weight is 385 g/mol. The van der Waals surface area contributed by atoms with Gasteiger partial charge in [-0.05, 0) is 66.5 Å². The van der Waals surface area contributed by atoms with Crippen LogP contribution in [0.2, 0.25) is 0 Å². The van der Waals surface area contributed by atoms with E-state index < -0.39 is 0 Å². The van der Waals surface area contributed by atoms with Crippen molar-refractivity contribution in [2.75, 3.05) is 11.9 Å². The Morgan fingerprint density at radius 2 is 1.59 bits per heavy atom. The van der Waals surface area contributed by atoms with Crippen molar-refractivity contribution in [2.45, 2.75) is 33.1 Å². The lowest BCUT2D eigenvalue weighted by Gasteiger charge is -2.19. The lowest BCUT2D eigenvalue weighted by molar-refractivity contribution is -0.121. The van der Waals surface area contributed by atoms with Gasteiger partial charge in [0, 0.05) is 11.3 Å². The van der Waals surface area contributed by atoms with Crippen LogP contribution < -0.4 is 15.4 Å². The number of amides is 1. The van der Waals surface area contributed by atoms with Gasteiger partial charge in [0.2, 0.25) is 0 Å². The van der Waals surface area contributed by atoms with Crippen molar-refractivity contribution in [1.82, 2.24) is 5.32 Å².